The number of nitrogens with zero attached hydrogens (tertiary/aromatic N) is 1. The number of hydrogen-bond acceptors (Lipinski definition) is 4. The van der Waals surface area contributed by atoms with E-state index in [-0.39, 0.29) is 5.91 Å². The summed E-state index contributed by atoms with van der Waals surface area (Å²) in [6.07, 6.45) is 5.61. The van der Waals surface area contributed by atoms with Gasteiger partial charge in [-0.15, -0.1) is 0 Å². The maximum absolute atomic E-state index is 12.4. The highest BCUT2D eigenvalue weighted by molar-refractivity contribution is 6.02. The van der Waals surface area contributed by atoms with Crippen molar-refractivity contribution in [2.24, 2.45) is 0 Å². The smallest absolute Gasteiger partial charge is 0.248 e. The Bertz CT molecular complexity index is 854. The Labute approximate surface area is 193 Å². The summed E-state index contributed by atoms with van der Waals surface area (Å²) in [5, 5.41) is 2.90. The number of nitrogens with one attached hydrogen (secondary N) is 1. The van der Waals surface area contributed by atoms with Crippen LogP contribution in [0.25, 0.3) is 6.08 Å². The van der Waals surface area contributed by atoms with Crippen molar-refractivity contribution in [3.8, 4) is 11.5 Å². The van der Waals surface area contributed by atoms with Crippen molar-refractivity contribution >= 4 is 17.7 Å². The maximum atomic E-state index is 12.4. The number of carbonyl (C=O) groups excluding carboxylic acids is 1. The molecule has 5 nitrogen and oxygen atoms in total. The zero-order valence-corrected chi connectivity index (χ0v) is 20.2. The Hall–Kier alpha value is -2.79. The highest BCUT2D eigenvalue weighted by Gasteiger charge is 2.09. The van der Waals surface area contributed by atoms with E-state index in [2.05, 4.69) is 50.0 Å². The summed E-state index contributed by atoms with van der Waals surface area (Å²) in [4.78, 5) is 14.8. The average molecular weight is 439 g/mol. The quantitative estimate of drug-likeness (QED) is 0.391. The van der Waals surface area contributed by atoms with Gasteiger partial charge in [0.1, 0.15) is 6.61 Å². The molecule has 32 heavy (non-hydrogen) atoms. The molecule has 0 saturated carbocycles. The molecule has 0 radical (unpaired) electrons. The molecule has 0 aliphatic heterocycles. The Morgan fingerprint density at radius 3 is 2.28 bits per heavy atom. The van der Waals surface area contributed by atoms with Gasteiger partial charge in [0, 0.05) is 24.4 Å². The van der Waals surface area contributed by atoms with Gasteiger partial charge in [-0.3, -0.25) is 9.69 Å². The minimum atomic E-state index is -0.189. The summed E-state index contributed by atoms with van der Waals surface area (Å²) in [6, 6.07) is 13.7. The van der Waals surface area contributed by atoms with Gasteiger partial charge in [-0.1, -0.05) is 52.0 Å². The molecule has 0 atom stereocenters. The van der Waals surface area contributed by atoms with Crippen molar-refractivity contribution in [1.82, 2.24) is 4.90 Å². The first kappa shape index (κ1) is 25.5. The fourth-order valence-electron chi connectivity index (χ4n) is 3.47. The van der Waals surface area contributed by atoms with Crippen molar-refractivity contribution in [1.29, 1.82) is 0 Å². The Morgan fingerprint density at radius 1 is 1.00 bits per heavy atom. The zero-order chi connectivity index (χ0) is 23.3. The van der Waals surface area contributed by atoms with Crippen molar-refractivity contribution < 1.29 is 14.3 Å². The number of rotatable bonds is 13. The third-order valence-electron chi connectivity index (χ3n) is 5.21. The molecule has 0 heterocycles. The second kappa shape index (κ2) is 13.6. The van der Waals surface area contributed by atoms with Crippen molar-refractivity contribution in [3.05, 3.63) is 59.7 Å². The molecular weight excluding hydrogens is 400 g/mol. The van der Waals surface area contributed by atoms with E-state index in [0.29, 0.717) is 29.7 Å². The van der Waals surface area contributed by atoms with Crippen LogP contribution in [0.5, 0.6) is 11.5 Å². The number of methoxy groups -OCH3 is 1. The maximum Gasteiger partial charge on any atom is 0.248 e. The van der Waals surface area contributed by atoms with E-state index in [0.717, 1.165) is 38.0 Å². The highest BCUT2D eigenvalue weighted by Crippen LogP contribution is 2.30. The minimum Gasteiger partial charge on any atom is -0.493 e. The number of benzene rings is 2. The largest absolute Gasteiger partial charge is 0.493 e. The molecule has 2 rings (SSSR count). The van der Waals surface area contributed by atoms with Gasteiger partial charge >= 0.3 is 0 Å². The lowest BCUT2D eigenvalue weighted by Crippen LogP contribution is -2.30. The van der Waals surface area contributed by atoms with E-state index in [1.807, 2.05) is 36.4 Å². The van der Waals surface area contributed by atoms with Gasteiger partial charge in [0.25, 0.3) is 0 Å². The molecule has 1 amide bonds. The summed E-state index contributed by atoms with van der Waals surface area (Å²) in [5.74, 6) is 1.59. The number of anilines is 1. The van der Waals surface area contributed by atoms with Gasteiger partial charge in [-0.2, -0.15) is 0 Å². The number of carbonyl (C=O) groups is 1. The molecule has 0 fully saturated rings. The van der Waals surface area contributed by atoms with Gasteiger partial charge in [-0.25, -0.2) is 0 Å². The van der Waals surface area contributed by atoms with E-state index in [1.165, 1.54) is 5.56 Å². The molecule has 0 aliphatic rings. The van der Waals surface area contributed by atoms with Crippen LogP contribution in [0.4, 0.5) is 5.69 Å². The van der Waals surface area contributed by atoms with Crippen LogP contribution in [0, 0.1) is 0 Å². The predicted molar refractivity (Wildman–Crippen MR) is 134 cm³/mol. The van der Waals surface area contributed by atoms with E-state index in [4.69, 9.17) is 9.47 Å². The zero-order valence-electron chi connectivity index (χ0n) is 20.2. The molecule has 1 N–H and O–H groups in total. The van der Waals surface area contributed by atoms with Crippen LogP contribution >= 0.6 is 0 Å². The fraction of sp³-hybridized carbons (Fsp3) is 0.444. The number of amides is 1. The highest BCUT2D eigenvalue weighted by atomic mass is 16.5. The third kappa shape index (κ3) is 8.39. The van der Waals surface area contributed by atoms with Crippen molar-refractivity contribution in [3.63, 3.8) is 0 Å². The van der Waals surface area contributed by atoms with Gasteiger partial charge in [-0.05, 0) is 61.2 Å². The average Bonchev–Trinajstić information content (AvgIpc) is 2.78. The lowest BCUT2D eigenvalue weighted by molar-refractivity contribution is -0.111. The summed E-state index contributed by atoms with van der Waals surface area (Å²) in [7, 11) is 1.62. The second-order valence-electron chi connectivity index (χ2n) is 8.20. The van der Waals surface area contributed by atoms with E-state index >= 15 is 0 Å². The number of ether oxygens (including phenoxy) is 2. The van der Waals surface area contributed by atoms with Crippen LogP contribution in [0.3, 0.4) is 0 Å². The minimum absolute atomic E-state index is 0.189. The molecule has 5 heteroatoms. The molecule has 0 saturated heterocycles. The first-order valence-corrected chi connectivity index (χ1v) is 11.6. The van der Waals surface area contributed by atoms with Crippen LogP contribution in [-0.2, 0) is 4.79 Å². The van der Waals surface area contributed by atoms with Crippen molar-refractivity contribution in [2.45, 2.75) is 46.5 Å². The van der Waals surface area contributed by atoms with Gasteiger partial charge in [0.2, 0.25) is 5.91 Å². The molecule has 0 unspecified atom stereocenters. The molecule has 0 aromatic heterocycles. The number of hydrogen-bond donors (Lipinski definition) is 1. The molecule has 0 spiro atoms. The first-order valence-electron chi connectivity index (χ1n) is 11.6. The second-order valence-corrected chi connectivity index (χ2v) is 8.20. The molecule has 2 aromatic rings. The van der Waals surface area contributed by atoms with E-state index in [1.54, 1.807) is 13.2 Å². The van der Waals surface area contributed by atoms with E-state index in [9.17, 15) is 4.79 Å². The van der Waals surface area contributed by atoms with Crippen LogP contribution in [0.1, 0.15) is 57.6 Å². The normalized spacial score (nSPS) is 11.3. The standard InChI is InChI=1S/C27H38N2O3/c1-6-16-29(17-7-2)18-19-32-26-20-24(13-14-25(26)31-5)28-27(30)15-10-22-8-11-23(12-9-22)21(3)4/h8-15,20-21H,6-7,16-19H2,1-5H3,(H,28,30). The van der Waals surface area contributed by atoms with Crippen LogP contribution in [0.2, 0.25) is 0 Å². The van der Waals surface area contributed by atoms with Crippen LogP contribution in [-0.4, -0.2) is 44.2 Å². The summed E-state index contributed by atoms with van der Waals surface area (Å²) in [5.41, 5.74) is 2.95. The lowest BCUT2D eigenvalue weighted by atomic mass is 10.0. The summed E-state index contributed by atoms with van der Waals surface area (Å²) >= 11 is 0. The molecule has 0 bridgehead atoms. The molecule has 2 aromatic carbocycles. The lowest BCUT2D eigenvalue weighted by Gasteiger charge is -2.21. The molecular formula is C27H38N2O3. The fourth-order valence-corrected chi connectivity index (χ4v) is 3.47. The monoisotopic (exact) mass is 438 g/mol. The summed E-state index contributed by atoms with van der Waals surface area (Å²) in [6.45, 7) is 12.3. The first-order chi connectivity index (χ1) is 15.5. The molecule has 0 aliphatic carbocycles. The molecule has 174 valence electrons. The Balaban J connectivity index is 1.97. The Morgan fingerprint density at radius 2 is 1.69 bits per heavy atom. The third-order valence-corrected chi connectivity index (χ3v) is 5.21. The van der Waals surface area contributed by atoms with Gasteiger partial charge in [0.05, 0.1) is 7.11 Å². The predicted octanol–water partition coefficient (Wildman–Crippen LogP) is 5.97. The van der Waals surface area contributed by atoms with Gasteiger partial charge < -0.3 is 14.8 Å². The van der Waals surface area contributed by atoms with Crippen molar-refractivity contribution in [2.75, 3.05) is 38.7 Å². The topological polar surface area (TPSA) is 50.8 Å². The Kier molecular flexibility index (Phi) is 10.8. The SMILES string of the molecule is CCCN(CCC)CCOc1cc(NC(=O)C=Cc2ccc(C(C)C)cc2)ccc1OC. The van der Waals surface area contributed by atoms with Gasteiger partial charge in [0.15, 0.2) is 11.5 Å². The summed E-state index contributed by atoms with van der Waals surface area (Å²) < 4.78 is 11.4. The van der Waals surface area contributed by atoms with Crippen LogP contribution in [0.15, 0.2) is 48.5 Å². The van der Waals surface area contributed by atoms with E-state index < -0.39 is 0 Å². The van der Waals surface area contributed by atoms with Crippen LogP contribution < -0.4 is 14.8 Å².